The second kappa shape index (κ2) is 5.69. The van der Waals surface area contributed by atoms with Crippen molar-refractivity contribution in [2.45, 2.75) is 20.4 Å². The summed E-state index contributed by atoms with van der Waals surface area (Å²) in [4.78, 5) is 1.96. The molecule has 0 aliphatic rings. The van der Waals surface area contributed by atoms with Crippen LogP contribution in [0, 0.1) is 19.3 Å². The van der Waals surface area contributed by atoms with Crippen molar-refractivity contribution >= 4 is 11.7 Å². The highest BCUT2D eigenvalue weighted by Gasteiger charge is 2.17. The largest absolute Gasteiger partial charge is 0.384 e. The average molecular weight is 269 g/mol. The standard InChI is InChI=1S/C15H19N5/c1-10-11(2)18-19-15(13(10)14(16)17)20(3)9-12-7-5-4-6-8-12/h4-8H,9H2,1-3H3,(H3,16,17). The fourth-order valence-electron chi connectivity index (χ4n) is 2.12. The number of amidine groups is 1. The lowest BCUT2D eigenvalue weighted by Gasteiger charge is -2.22. The number of hydrogen-bond donors (Lipinski definition) is 2. The van der Waals surface area contributed by atoms with Crippen LogP contribution in [-0.4, -0.2) is 23.1 Å². The lowest BCUT2D eigenvalue weighted by molar-refractivity contribution is 0.847. The van der Waals surface area contributed by atoms with Crippen molar-refractivity contribution < 1.29 is 0 Å². The summed E-state index contributed by atoms with van der Waals surface area (Å²) in [6, 6.07) is 10.1. The van der Waals surface area contributed by atoms with Gasteiger partial charge in [-0.3, -0.25) is 5.41 Å². The van der Waals surface area contributed by atoms with Crippen molar-refractivity contribution in [2.75, 3.05) is 11.9 Å². The van der Waals surface area contributed by atoms with Crippen LogP contribution in [0.25, 0.3) is 0 Å². The molecule has 3 N–H and O–H groups in total. The Bertz CT molecular complexity index is 622. The zero-order valence-electron chi connectivity index (χ0n) is 12.0. The maximum Gasteiger partial charge on any atom is 0.162 e. The number of nitrogens with two attached hydrogens (primary N) is 1. The fourth-order valence-corrected chi connectivity index (χ4v) is 2.12. The van der Waals surface area contributed by atoms with Gasteiger partial charge in [0.1, 0.15) is 5.84 Å². The van der Waals surface area contributed by atoms with Crippen molar-refractivity contribution in [2.24, 2.45) is 5.73 Å². The quantitative estimate of drug-likeness (QED) is 0.657. The zero-order chi connectivity index (χ0) is 14.7. The molecule has 1 aromatic heterocycles. The molecule has 0 atom stereocenters. The predicted molar refractivity (Wildman–Crippen MR) is 81.1 cm³/mol. The van der Waals surface area contributed by atoms with E-state index in [-0.39, 0.29) is 5.84 Å². The van der Waals surface area contributed by atoms with Gasteiger partial charge in [-0.1, -0.05) is 30.3 Å². The monoisotopic (exact) mass is 269 g/mol. The molecule has 0 saturated heterocycles. The van der Waals surface area contributed by atoms with Crippen molar-refractivity contribution in [3.8, 4) is 0 Å². The van der Waals surface area contributed by atoms with Crippen molar-refractivity contribution in [1.82, 2.24) is 10.2 Å². The van der Waals surface area contributed by atoms with E-state index in [0.29, 0.717) is 17.9 Å². The molecular formula is C15H19N5. The first-order chi connectivity index (χ1) is 9.50. The number of nitrogens with one attached hydrogen (secondary N) is 1. The van der Waals surface area contributed by atoms with Gasteiger partial charge < -0.3 is 10.6 Å². The molecule has 5 heteroatoms. The third kappa shape index (κ3) is 2.77. The molecule has 104 valence electrons. The highest BCUT2D eigenvalue weighted by molar-refractivity contribution is 6.01. The number of hydrogen-bond acceptors (Lipinski definition) is 4. The number of anilines is 1. The van der Waals surface area contributed by atoms with Gasteiger partial charge in [0.15, 0.2) is 5.82 Å². The molecule has 0 aliphatic carbocycles. The summed E-state index contributed by atoms with van der Waals surface area (Å²) in [5, 5.41) is 16.1. The molecule has 0 aliphatic heterocycles. The Kier molecular flexibility index (Phi) is 3.98. The van der Waals surface area contributed by atoms with Crippen LogP contribution in [0.15, 0.2) is 30.3 Å². The Labute approximate surface area is 119 Å². The summed E-state index contributed by atoms with van der Waals surface area (Å²) >= 11 is 0. The number of nitrogen functional groups attached to an aromatic ring is 1. The summed E-state index contributed by atoms with van der Waals surface area (Å²) in [6.45, 7) is 4.48. The average Bonchev–Trinajstić information content (AvgIpc) is 2.42. The maximum absolute atomic E-state index is 7.77. The van der Waals surface area contributed by atoms with Crippen LogP contribution in [0.5, 0.6) is 0 Å². The normalized spacial score (nSPS) is 10.3. The van der Waals surface area contributed by atoms with Gasteiger partial charge in [-0.05, 0) is 25.0 Å². The molecule has 0 radical (unpaired) electrons. The molecule has 1 aromatic carbocycles. The van der Waals surface area contributed by atoms with E-state index in [1.165, 1.54) is 5.56 Å². The first kappa shape index (κ1) is 14.0. The van der Waals surface area contributed by atoms with E-state index < -0.39 is 0 Å². The third-order valence-corrected chi connectivity index (χ3v) is 3.33. The Morgan fingerprint density at radius 3 is 2.45 bits per heavy atom. The Hall–Kier alpha value is -2.43. The van der Waals surface area contributed by atoms with Crippen molar-refractivity contribution in [3.05, 3.63) is 52.7 Å². The Morgan fingerprint density at radius 1 is 1.20 bits per heavy atom. The molecule has 2 rings (SSSR count). The van der Waals surface area contributed by atoms with E-state index in [1.807, 2.05) is 44.0 Å². The summed E-state index contributed by atoms with van der Waals surface area (Å²) in [6.07, 6.45) is 0. The lowest BCUT2D eigenvalue weighted by Crippen LogP contribution is -2.25. The summed E-state index contributed by atoms with van der Waals surface area (Å²) < 4.78 is 0. The van der Waals surface area contributed by atoms with Crippen LogP contribution in [0.4, 0.5) is 5.82 Å². The van der Waals surface area contributed by atoms with Crippen molar-refractivity contribution in [1.29, 1.82) is 5.41 Å². The minimum Gasteiger partial charge on any atom is -0.384 e. The van der Waals surface area contributed by atoms with Gasteiger partial charge in [0, 0.05) is 13.6 Å². The van der Waals surface area contributed by atoms with E-state index >= 15 is 0 Å². The van der Waals surface area contributed by atoms with Crippen LogP contribution < -0.4 is 10.6 Å². The number of nitrogens with zero attached hydrogens (tertiary/aromatic N) is 3. The lowest BCUT2D eigenvalue weighted by atomic mass is 10.1. The maximum atomic E-state index is 7.77. The van der Waals surface area contributed by atoms with Gasteiger partial charge in [-0.15, -0.1) is 5.10 Å². The predicted octanol–water partition coefficient (Wildman–Crippen LogP) is 2.01. The molecular weight excluding hydrogens is 250 g/mol. The van der Waals surface area contributed by atoms with Gasteiger partial charge >= 0.3 is 0 Å². The molecule has 0 bridgehead atoms. The van der Waals surface area contributed by atoms with Gasteiger partial charge in [0.25, 0.3) is 0 Å². The van der Waals surface area contributed by atoms with Crippen LogP contribution in [0.1, 0.15) is 22.4 Å². The molecule has 0 fully saturated rings. The molecule has 1 heterocycles. The fraction of sp³-hybridized carbons (Fsp3) is 0.267. The molecule has 2 aromatic rings. The molecule has 5 nitrogen and oxygen atoms in total. The van der Waals surface area contributed by atoms with Gasteiger partial charge in [0.2, 0.25) is 0 Å². The smallest absolute Gasteiger partial charge is 0.162 e. The summed E-state index contributed by atoms with van der Waals surface area (Å²) in [5.74, 6) is 0.667. The molecule has 20 heavy (non-hydrogen) atoms. The Balaban J connectivity index is 2.37. The first-order valence-electron chi connectivity index (χ1n) is 6.44. The van der Waals surface area contributed by atoms with E-state index in [0.717, 1.165) is 11.3 Å². The van der Waals surface area contributed by atoms with Crippen LogP contribution >= 0.6 is 0 Å². The van der Waals surface area contributed by atoms with Gasteiger partial charge in [0.05, 0.1) is 11.3 Å². The van der Waals surface area contributed by atoms with E-state index in [9.17, 15) is 0 Å². The minimum atomic E-state index is 0.0235. The topological polar surface area (TPSA) is 78.9 Å². The minimum absolute atomic E-state index is 0.0235. The third-order valence-electron chi connectivity index (χ3n) is 3.33. The number of benzene rings is 1. The molecule has 0 unspecified atom stereocenters. The summed E-state index contributed by atoms with van der Waals surface area (Å²) in [5.41, 5.74) is 9.24. The number of aromatic nitrogens is 2. The SMILES string of the molecule is Cc1nnc(N(C)Cc2ccccc2)c(C(=N)N)c1C. The highest BCUT2D eigenvalue weighted by Crippen LogP contribution is 2.22. The first-order valence-corrected chi connectivity index (χ1v) is 6.44. The number of rotatable bonds is 4. The second-order valence-electron chi connectivity index (χ2n) is 4.86. The molecule has 0 spiro atoms. The zero-order valence-corrected chi connectivity index (χ0v) is 12.0. The van der Waals surface area contributed by atoms with E-state index in [2.05, 4.69) is 22.3 Å². The van der Waals surface area contributed by atoms with Crippen LogP contribution in [-0.2, 0) is 6.54 Å². The van der Waals surface area contributed by atoms with Gasteiger partial charge in [-0.2, -0.15) is 5.10 Å². The molecule has 0 saturated carbocycles. The van der Waals surface area contributed by atoms with Crippen LogP contribution in [0.2, 0.25) is 0 Å². The Morgan fingerprint density at radius 2 is 1.85 bits per heavy atom. The summed E-state index contributed by atoms with van der Waals surface area (Å²) in [7, 11) is 1.93. The van der Waals surface area contributed by atoms with E-state index in [1.54, 1.807) is 0 Å². The number of aryl methyl sites for hydroxylation is 1. The van der Waals surface area contributed by atoms with Crippen molar-refractivity contribution in [3.63, 3.8) is 0 Å². The highest BCUT2D eigenvalue weighted by atomic mass is 15.2. The van der Waals surface area contributed by atoms with Gasteiger partial charge in [-0.25, -0.2) is 0 Å². The van der Waals surface area contributed by atoms with E-state index in [4.69, 9.17) is 11.1 Å². The molecule has 0 amide bonds. The van der Waals surface area contributed by atoms with Crippen LogP contribution in [0.3, 0.4) is 0 Å². The second-order valence-corrected chi connectivity index (χ2v) is 4.86.